The molecule has 29 heavy (non-hydrogen) atoms. The molecule has 0 saturated heterocycles. The molecule has 1 atom stereocenters. The first-order valence-corrected chi connectivity index (χ1v) is 10.6. The van der Waals surface area contributed by atoms with Crippen molar-refractivity contribution in [1.29, 1.82) is 0 Å². The molecule has 3 aromatic rings. The summed E-state index contributed by atoms with van der Waals surface area (Å²) in [5.41, 5.74) is 2.23. The molecule has 1 aliphatic rings. The number of fused-ring (bicyclic) bond motifs is 1. The van der Waals surface area contributed by atoms with Gasteiger partial charge in [-0.25, -0.2) is 0 Å². The van der Waals surface area contributed by atoms with E-state index in [1.54, 1.807) is 6.07 Å². The fraction of sp³-hybridized carbons (Fsp3) is 0.286. The Labute approximate surface area is 178 Å². The van der Waals surface area contributed by atoms with Crippen LogP contribution in [0.3, 0.4) is 0 Å². The van der Waals surface area contributed by atoms with E-state index in [2.05, 4.69) is 16.3 Å². The molecule has 150 valence electrons. The lowest BCUT2D eigenvalue weighted by Crippen LogP contribution is -2.35. The van der Waals surface area contributed by atoms with Gasteiger partial charge in [-0.05, 0) is 37.1 Å². The van der Waals surface area contributed by atoms with Crippen LogP contribution in [0.5, 0.6) is 5.75 Å². The minimum Gasteiger partial charge on any atom is -0.484 e. The highest BCUT2D eigenvalue weighted by Crippen LogP contribution is 2.31. The molecule has 6 nitrogen and oxygen atoms in total. The van der Waals surface area contributed by atoms with Crippen molar-refractivity contribution in [2.45, 2.75) is 30.4 Å². The molecule has 1 aromatic heterocycles. The van der Waals surface area contributed by atoms with Crippen LogP contribution < -0.4 is 9.64 Å². The van der Waals surface area contributed by atoms with Gasteiger partial charge in [0.2, 0.25) is 5.91 Å². The highest BCUT2D eigenvalue weighted by molar-refractivity contribution is 8.00. The SMILES string of the molecule is CC(Sc1nnc(COc2ccccc2Cl)n1C)C(=O)N1CCc2ccccc21. The summed E-state index contributed by atoms with van der Waals surface area (Å²) < 4.78 is 7.60. The Morgan fingerprint density at radius 1 is 1.21 bits per heavy atom. The average Bonchev–Trinajstić information content (AvgIpc) is 3.31. The smallest absolute Gasteiger partial charge is 0.240 e. The third-order valence-electron chi connectivity index (χ3n) is 4.90. The van der Waals surface area contributed by atoms with Crippen molar-refractivity contribution in [3.63, 3.8) is 0 Å². The van der Waals surface area contributed by atoms with Crippen LogP contribution in [-0.2, 0) is 24.9 Å². The number of benzene rings is 2. The van der Waals surface area contributed by atoms with Crippen molar-refractivity contribution >= 4 is 35.0 Å². The Morgan fingerprint density at radius 3 is 2.79 bits per heavy atom. The van der Waals surface area contributed by atoms with Gasteiger partial charge < -0.3 is 14.2 Å². The number of carbonyl (C=O) groups excluding carboxylic acids is 1. The van der Waals surface area contributed by atoms with E-state index in [0.717, 1.165) is 18.7 Å². The Bertz CT molecular complexity index is 1040. The average molecular weight is 429 g/mol. The van der Waals surface area contributed by atoms with Crippen LogP contribution in [0.25, 0.3) is 0 Å². The zero-order chi connectivity index (χ0) is 20.4. The predicted molar refractivity (Wildman–Crippen MR) is 115 cm³/mol. The van der Waals surface area contributed by atoms with Gasteiger partial charge in [-0.15, -0.1) is 10.2 Å². The number of amides is 1. The molecular formula is C21H21ClN4O2S. The first-order chi connectivity index (χ1) is 14.0. The molecule has 0 aliphatic carbocycles. The molecule has 0 radical (unpaired) electrons. The minimum absolute atomic E-state index is 0.0804. The second-order valence-electron chi connectivity index (χ2n) is 6.81. The van der Waals surface area contributed by atoms with E-state index in [1.165, 1.54) is 17.3 Å². The van der Waals surface area contributed by atoms with Crippen LogP contribution in [0.4, 0.5) is 5.69 Å². The maximum Gasteiger partial charge on any atom is 0.240 e. The van der Waals surface area contributed by atoms with Gasteiger partial charge in [0, 0.05) is 19.3 Å². The number of rotatable bonds is 6. The number of para-hydroxylation sites is 2. The number of hydrogen-bond acceptors (Lipinski definition) is 5. The normalized spacial score (nSPS) is 14.0. The van der Waals surface area contributed by atoms with Gasteiger partial charge in [0.15, 0.2) is 11.0 Å². The van der Waals surface area contributed by atoms with Gasteiger partial charge in [0.05, 0.1) is 10.3 Å². The summed E-state index contributed by atoms with van der Waals surface area (Å²) in [7, 11) is 1.87. The van der Waals surface area contributed by atoms with Crippen LogP contribution in [-0.4, -0.2) is 32.5 Å². The Hall–Kier alpha value is -2.51. The summed E-state index contributed by atoms with van der Waals surface area (Å²) in [6, 6.07) is 15.4. The van der Waals surface area contributed by atoms with Gasteiger partial charge in [0.25, 0.3) is 0 Å². The Morgan fingerprint density at radius 2 is 1.97 bits per heavy atom. The molecule has 4 rings (SSSR count). The van der Waals surface area contributed by atoms with E-state index in [0.29, 0.717) is 21.8 Å². The second-order valence-corrected chi connectivity index (χ2v) is 8.52. The number of hydrogen-bond donors (Lipinski definition) is 0. The van der Waals surface area contributed by atoms with Gasteiger partial charge in [-0.1, -0.05) is 53.7 Å². The maximum absolute atomic E-state index is 13.0. The van der Waals surface area contributed by atoms with Crippen LogP contribution in [0.2, 0.25) is 5.02 Å². The van der Waals surface area contributed by atoms with Crippen LogP contribution in [0.15, 0.2) is 53.7 Å². The summed E-state index contributed by atoms with van der Waals surface area (Å²) >= 11 is 7.53. The van der Waals surface area contributed by atoms with E-state index in [4.69, 9.17) is 16.3 Å². The lowest BCUT2D eigenvalue weighted by atomic mass is 10.2. The van der Waals surface area contributed by atoms with E-state index in [-0.39, 0.29) is 17.8 Å². The lowest BCUT2D eigenvalue weighted by Gasteiger charge is -2.21. The quantitative estimate of drug-likeness (QED) is 0.553. The summed E-state index contributed by atoms with van der Waals surface area (Å²) in [4.78, 5) is 14.9. The lowest BCUT2D eigenvalue weighted by molar-refractivity contribution is -0.117. The first-order valence-electron chi connectivity index (χ1n) is 9.36. The van der Waals surface area contributed by atoms with E-state index >= 15 is 0 Å². The largest absolute Gasteiger partial charge is 0.484 e. The predicted octanol–water partition coefficient (Wildman–Crippen LogP) is 4.12. The number of ether oxygens (including phenoxy) is 1. The number of carbonyl (C=O) groups is 1. The highest BCUT2D eigenvalue weighted by atomic mass is 35.5. The van der Waals surface area contributed by atoms with Crippen LogP contribution >= 0.6 is 23.4 Å². The molecule has 1 amide bonds. The fourth-order valence-corrected chi connectivity index (χ4v) is 4.36. The molecule has 1 unspecified atom stereocenters. The van der Waals surface area contributed by atoms with Crippen molar-refractivity contribution in [3.05, 3.63) is 64.9 Å². The number of anilines is 1. The molecule has 0 N–H and O–H groups in total. The summed E-state index contributed by atoms with van der Waals surface area (Å²) in [5.74, 6) is 1.35. The second kappa shape index (κ2) is 8.47. The molecule has 0 fully saturated rings. The van der Waals surface area contributed by atoms with Gasteiger partial charge in [-0.2, -0.15) is 0 Å². The first kappa shape index (κ1) is 19.8. The summed E-state index contributed by atoms with van der Waals surface area (Å²) in [6.45, 7) is 2.87. The molecular weight excluding hydrogens is 408 g/mol. The zero-order valence-corrected chi connectivity index (χ0v) is 17.8. The van der Waals surface area contributed by atoms with Crippen molar-refractivity contribution in [1.82, 2.24) is 14.8 Å². The minimum atomic E-state index is -0.276. The number of aromatic nitrogens is 3. The standard InChI is InChI=1S/C21H21ClN4O2S/c1-14(20(27)26-12-11-15-7-3-5-9-17(15)26)29-21-24-23-19(25(21)2)13-28-18-10-6-4-8-16(18)22/h3-10,14H,11-13H2,1-2H3. The highest BCUT2D eigenvalue weighted by Gasteiger charge is 2.29. The van der Waals surface area contributed by atoms with Crippen molar-refractivity contribution in [3.8, 4) is 5.75 Å². The van der Waals surface area contributed by atoms with E-state index in [9.17, 15) is 4.79 Å². The maximum atomic E-state index is 13.0. The third-order valence-corrected chi connectivity index (χ3v) is 6.34. The molecule has 2 heterocycles. The summed E-state index contributed by atoms with van der Waals surface area (Å²) in [6.07, 6.45) is 0.896. The number of nitrogens with zero attached hydrogens (tertiary/aromatic N) is 4. The van der Waals surface area contributed by atoms with Gasteiger partial charge >= 0.3 is 0 Å². The Kier molecular flexibility index (Phi) is 5.78. The zero-order valence-electron chi connectivity index (χ0n) is 16.2. The van der Waals surface area contributed by atoms with Gasteiger partial charge in [0.1, 0.15) is 12.4 Å². The molecule has 8 heteroatoms. The Balaban J connectivity index is 1.41. The van der Waals surface area contributed by atoms with Crippen LogP contribution in [0.1, 0.15) is 18.3 Å². The van der Waals surface area contributed by atoms with E-state index in [1.807, 2.05) is 59.8 Å². The fourth-order valence-electron chi connectivity index (χ4n) is 3.27. The molecule has 0 bridgehead atoms. The van der Waals surface area contributed by atoms with Crippen molar-refractivity contribution in [2.75, 3.05) is 11.4 Å². The van der Waals surface area contributed by atoms with E-state index < -0.39 is 0 Å². The number of thioether (sulfide) groups is 1. The van der Waals surface area contributed by atoms with Crippen molar-refractivity contribution in [2.24, 2.45) is 7.05 Å². The molecule has 0 spiro atoms. The third kappa shape index (κ3) is 4.11. The molecule has 2 aromatic carbocycles. The molecule has 0 saturated carbocycles. The van der Waals surface area contributed by atoms with Crippen molar-refractivity contribution < 1.29 is 9.53 Å². The van der Waals surface area contributed by atoms with Gasteiger partial charge in [-0.3, -0.25) is 4.79 Å². The molecule has 1 aliphatic heterocycles. The summed E-state index contributed by atoms with van der Waals surface area (Å²) in [5, 5.41) is 9.39. The van der Waals surface area contributed by atoms with Crippen LogP contribution in [0, 0.1) is 0 Å². The topological polar surface area (TPSA) is 60.3 Å². The number of halogens is 1. The monoisotopic (exact) mass is 428 g/mol.